The summed E-state index contributed by atoms with van der Waals surface area (Å²) >= 11 is 0. The number of urea groups is 1. The number of likely N-dealkylation sites (tertiary alicyclic amines) is 1. The topological polar surface area (TPSA) is 89.9 Å². The van der Waals surface area contributed by atoms with Gasteiger partial charge in [-0.1, -0.05) is 12.1 Å². The van der Waals surface area contributed by atoms with Crippen LogP contribution in [0.5, 0.6) is 0 Å². The molecular weight excluding hydrogens is 260 g/mol. The van der Waals surface area contributed by atoms with Crippen LogP contribution in [0.4, 0.5) is 10.5 Å². The molecule has 1 aliphatic heterocycles. The lowest BCUT2D eigenvalue weighted by molar-refractivity contribution is 0.0698. The molecule has 6 heteroatoms. The number of aromatic carboxylic acids is 1. The van der Waals surface area contributed by atoms with Crippen LogP contribution in [-0.4, -0.2) is 46.8 Å². The Morgan fingerprint density at radius 2 is 2.10 bits per heavy atom. The minimum absolute atomic E-state index is 0.0759. The molecule has 6 nitrogen and oxygen atoms in total. The normalized spacial score (nSPS) is 18.1. The number of aliphatic hydroxyl groups excluding tert-OH is 1. The van der Waals surface area contributed by atoms with Crippen LogP contribution < -0.4 is 5.32 Å². The van der Waals surface area contributed by atoms with Crippen LogP contribution in [0.25, 0.3) is 0 Å². The molecule has 1 aromatic rings. The van der Waals surface area contributed by atoms with Gasteiger partial charge in [-0.25, -0.2) is 9.59 Å². The first-order valence-corrected chi connectivity index (χ1v) is 6.61. The van der Waals surface area contributed by atoms with E-state index in [9.17, 15) is 9.59 Å². The standard InChI is InChI=1S/C14H18N2O4/c17-8-6-10-5-7-16(9-10)14(20)15-12-4-2-1-3-11(12)13(18)19/h1-4,10,17H,5-9H2,(H,15,20)(H,18,19). The van der Waals surface area contributed by atoms with Crippen molar-refractivity contribution in [1.29, 1.82) is 0 Å². The highest BCUT2D eigenvalue weighted by atomic mass is 16.4. The van der Waals surface area contributed by atoms with Crippen molar-refractivity contribution < 1.29 is 19.8 Å². The molecule has 0 aliphatic carbocycles. The Labute approximate surface area is 117 Å². The number of para-hydroxylation sites is 1. The summed E-state index contributed by atoms with van der Waals surface area (Å²) in [5.41, 5.74) is 0.377. The van der Waals surface area contributed by atoms with Crippen LogP contribution in [-0.2, 0) is 0 Å². The molecule has 1 atom stereocenters. The summed E-state index contributed by atoms with van der Waals surface area (Å²) < 4.78 is 0. The molecule has 0 saturated carbocycles. The lowest BCUT2D eigenvalue weighted by Gasteiger charge is -2.18. The average Bonchev–Trinajstić information content (AvgIpc) is 2.88. The van der Waals surface area contributed by atoms with Gasteiger partial charge in [0.15, 0.2) is 0 Å². The molecule has 2 amide bonds. The summed E-state index contributed by atoms with van der Waals surface area (Å²) in [6.07, 6.45) is 1.56. The zero-order valence-corrected chi connectivity index (χ0v) is 11.1. The first-order valence-electron chi connectivity index (χ1n) is 6.61. The van der Waals surface area contributed by atoms with Crippen LogP contribution in [0.1, 0.15) is 23.2 Å². The van der Waals surface area contributed by atoms with Gasteiger partial charge in [0.1, 0.15) is 0 Å². The highest BCUT2D eigenvalue weighted by Crippen LogP contribution is 2.21. The average molecular weight is 278 g/mol. The Morgan fingerprint density at radius 3 is 2.80 bits per heavy atom. The van der Waals surface area contributed by atoms with Crippen LogP contribution >= 0.6 is 0 Å². The fourth-order valence-electron chi connectivity index (χ4n) is 2.41. The molecule has 1 saturated heterocycles. The Bertz CT molecular complexity index is 504. The lowest BCUT2D eigenvalue weighted by atomic mass is 10.1. The highest BCUT2D eigenvalue weighted by Gasteiger charge is 2.26. The van der Waals surface area contributed by atoms with Crippen LogP contribution in [0.2, 0.25) is 0 Å². The molecule has 0 radical (unpaired) electrons. The first-order chi connectivity index (χ1) is 9.61. The number of benzene rings is 1. The van der Waals surface area contributed by atoms with E-state index in [-0.39, 0.29) is 18.2 Å². The third-order valence-electron chi connectivity index (χ3n) is 3.51. The molecular formula is C14H18N2O4. The molecule has 1 heterocycles. The molecule has 1 unspecified atom stereocenters. The SMILES string of the molecule is O=C(O)c1ccccc1NC(=O)N1CCC(CCO)C1. The van der Waals surface area contributed by atoms with Crippen molar-refractivity contribution in [1.82, 2.24) is 4.90 Å². The number of rotatable bonds is 4. The van der Waals surface area contributed by atoms with Gasteiger partial charge in [0.2, 0.25) is 0 Å². The zero-order valence-electron chi connectivity index (χ0n) is 11.1. The first kappa shape index (κ1) is 14.3. The van der Waals surface area contributed by atoms with Gasteiger partial charge in [-0.3, -0.25) is 0 Å². The number of carboxylic acids is 1. The molecule has 0 spiro atoms. The fraction of sp³-hybridized carbons (Fsp3) is 0.429. The summed E-state index contributed by atoms with van der Waals surface area (Å²) in [6.45, 7) is 1.36. The number of hydrogen-bond acceptors (Lipinski definition) is 3. The van der Waals surface area contributed by atoms with E-state index in [1.165, 1.54) is 6.07 Å². The molecule has 3 N–H and O–H groups in total. The molecule has 1 aromatic carbocycles. The quantitative estimate of drug-likeness (QED) is 0.780. The zero-order chi connectivity index (χ0) is 14.5. The number of nitrogens with zero attached hydrogens (tertiary/aromatic N) is 1. The van der Waals surface area contributed by atoms with Crippen molar-refractivity contribution in [3.8, 4) is 0 Å². The van der Waals surface area contributed by atoms with E-state index < -0.39 is 5.97 Å². The summed E-state index contributed by atoms with van der Waals surface area (Å²) in [5, 5.41) is 20.6. The van der Waals surface area contributed by atoms with Crippen LogP contribution in [0.3, 0.4) is 0 Å². The number of aliphatic hydroxyl groups is 1. The number of carbonyl (C=O) groups excluding carboxylic acids is 1. The van der Waals surface area contributed by atoms with Gasteiger partial charge < -0.3 is 20.4 Å². The van der Waals surface area contributed by atoms with E-state index in [0.717, 1.165) is 6.42 Å². The second kappa shape index (κ2) is 6.38. The molecule has 0 aromatic heterocycles. The minimum Gasteiger partial charge on any atom is -0.478 e. The van der Waals surface area contributed by atoms with Gasteiger partial charge >= 0.3 is 12.0 Å². The molecule has 108 valence electrons. The maximum Gasteiger partial charge on any atom is 0.337 e. The van der Waals surface area contributed by atoms with E-state index in [1.54, 1.807) is 23.1 Å². The fourth-order valence-corrected chi connectivity index (χ4v) is 2.41. The van der Waals surface area contributed by atoms with E-state index in [0.29, 0.717) is 31.1 Å². The van der Waals surface area contributed by atoms with Crippen molar-refractivity contribution in [2.75, 3.05) is 25.0 Å². The van der Waals surface area contributed by atoms with Gasteiger partial charge in [0, 0.05) is 19.7 Å². The maximum atomic E-state index is 12.1. The Kier molecular flexibility index (Phi) is 4.57. The third-order valence-corrected chi connectivity index (χ3v) is 3.51. The number of nitrogens with one attached hydrogen (secondary N) is 1. The largest absolute Gasteiger partial charge is 0.478 e. The van der Waals surface area contributed by atoms with E-state index in [2.05, 4.69) is 5.32 Å². The predicted octanol–water partition coefficient (Wildman–Crippen LogP) is 1.62. The Hall–Kier alpha value is -2.08. The second-order valence-corrected chi connectivity index (χ2v) is 4.89. The van der Waals surface area contributed by atoms with Crippen molar-refractivity contribution >= 4 is 17.7 Å². The number of carbonyl (C=O) groups is 2. The number of amides is 2. The second-order valence-electron chi connectivity index (χ2n) is 4.89. The summed E-state index contributed by atoms with van der Waals surface area (Å²) in [4.78, 5) is 24.8. The van der Waals surface area contributed by atoms with E-state index >= 15 is 0 Å². The Morgan fingerprint density at radius 1 is 1.35 bits per heavy atom. The van der Waals surface area contributed by atoms with Crippen LogP contribution in [0, 0.1) is 5.92 Å². The van der Waals surface area contributed by atoms with Crippen LogP contribution in [0.15, 0.2) is 24.3 Å². The van der Waals surface area contributed by atoms with Gasteiger partial charge in [0.25, 0.3) is 0 Å². The molecule has 1 aliphatic rings. The third kappa shape index (κ3) is 3.27. The van der Waals surface area contributed by atoms with Crippen molar-refractivity contribution in [3.63, 3.8) is 0 Å². The van der Waals surface area contributed by atoms with E-state index in [1.807, 2.05) is 0 Å². The molecule has 0 bridgehead atoms. The molecule has 20 heavy (non-hydrogen) atoms. The maximum absolute atomic E-state index is 12.1. The van der Waals surface area contributed by atoms with Crippen molar-refractivity contribution in [2.45, 2.75) is 12.8 Å². The predicted molar refractivity (Wildman–Crippen MR) is 73.8 cm³/mol. The molecule has 2 rings (SSSR count). The summed E-state index contributed by atoms with van der Waals surface area (Å²) in [5.74, 6) is -0.749. The van der Waals surface area contributed by atoms with Gasteiger partial charge in [-0.2, -0.15) is 0 Å². The number of hydrogen-bond donors (Lipinski definition) is 3. The van der Waals surface area contributed by atoms with Gasteiger partial charge in [-0.05, 0) is 30.9 Å². The van der Waals surface area contributed by atoms with Gasteiger partial charge in [0.05, 0.1) is 11.3 Å². The molecule has 1 fully saturated rings. The Balaban J connectivity index is 2.00. The van der Waals surface area contributed by atoms with Crippen molar-refractivity contribution in [2.24, 2.45) is 5.92 Å². The van der Waals surface area contributed by atoms with E-state index in [4.69, 9.17) is 10.2 Å². The minimum atomic E-state index is -1.07. The smallest absolute Gasteiger partial charge is 0.337 e. The highest BCUT2D eigenvalue weighted by molar-refractivity contribution is 6.00. The number of anilines is 1. The van der Waals surface area contributed by atoms with Gasteiger partial charge in [-0.15, -0.1) is 0 Å². The van der Waals surface area contributed by atoms with Crippen molar-refractivity contribution in [3.05, 3.63) is 29.8 Å². The summed E-state index contributed by atoms with van der Waals surface area (Å²) in [6, 6.07) is 6.03. The lowest BCUT2D eigenvalue weighted by Crippen LogP contribution is -2.33. The number of carboxylic acid groups (broad SMARTS) is 1. The monoisotopic (exact) mass is 278 g/mol. The summed E-state index contributed by atoms with van der Waals surface area (Å²) in [7, 11) is 0.